The molecule has 0 radical (unpaired) electrons. The third-order valence-electron chi connectivity index (χ3n) is 3.70. The highest BCUT2D eigenvalue weighted by Crippen LogP contribution is 2.37. The van der Waals surface area contributed by atoms with Gasteiger partial charge < -0.3 is 10.1 Å². The standard InChI is InChI=1S/C18H20FNO2/c1-18(2,17(21)22-3)16(13-8-7-9-14(19)12-13)20-15-10-5-4-6-11-15/h4-12,16,20H,1-3H3/t16-/m0/s1. The summed E-state index contributed by atoms with van der Waals surface area (Å²) in [7, 11) is 1.36. The molecular weight excluding hydrogens is 281 g/mol. The van der Waals surface area contributed by atoms with E-state index in [9.17, 15) is 9.18 Å². The van der Waals surface area contributed by atoms with Gasteiger partial charge in [0.25, 0.3) is 0 Å². The zero-order valence-corrected chi connectivity index (χ0v) is 13.0. The second-order valence-corrected chi connectivity index (χ2v) is 5.71. The van der Waals surface area contributed by atoms with E-state index in [1.54, 1.807) is 26.0 Å². The Labute approximate surface area is 130 Å². The average molecular weight is 301 g/mol. The van der Waals surface area contributed by atoms with Crippen molar-refractivity contribution in [2.75, 3.05) is 12.4 Å². The Morgan fingerprint density at radius 1 is 1.14 bits per heavy atom. The lowest BCUT2D eigenvalue weighted by Crippen LogP contribution is -2.36. The molecule has 1 atom stereocenters. The largest absolute Gasteiger partial charge is 0.469 e. The first kappa shape index (κ1) is 16.0. The number of hydrogen-bond donors (Lipinski definition) is 1. The van der Waals surface area contributed by atoms with Crippen LogP contribution in [0.4, 0.5) is 10.1 Å². The SMILES string of the molecule is COC(=O)C(C)(C)[C@@H](Nc1ccccc1)c1cccc(F)c1. The topological polar surface area (TPSA) is 38.3 Å². The van der Waals surface area contributed by atoms with Crippen molar-refractivity contribution in [2.45, 2.75) is 19.9 Å². The lowest BCUT2D eigenvalue weighted by atomic mass is 9.80. The maximum atomic E-state index is 13.6. The fraction of sp³-hybridized carbons (Fsp3) is 0.278. The van der Waals surface area contributed by atoms with Crippen molar-refractivity contribution in [1.29, 1.82) is 0 Å². The summed E-state index contributed by atoms with van der Waals surface area (Å²) in [4.78, 5) is 12.2. The normalized spacial score (nSPS) is 12.5. The van der Waals surface area contributed by atoms with Gasteiger partial charge in [-0.15, -0.1) is 0 Å². The molecule has 22 heavy (non-hydrogen) atoms. The van der Waals surface area contributed by atoms with Crippen molar-refractivity contribution in [3.8, 4) is 0 Å². The van der Waals surface area contributed by atoms with Gasteiger partial charge in [0.05, 0.1) is 18.6 Å². The van der Waals surface area contributed by atoms with Crippen molar-refractivity contribution in [1.82, 2.24) is 0 Å². The zero-order chi connectivity index (χ0) is 16.2. The number of esters is 1. The van der Waals surface area contributed by atoms with Crippen molar-refractivity contribution in [3.63, 3.8) is 0 Å². The fourth-order valence-corrected chi connectivity index (χ4v) is 2.45. The molecule has 0 aromatic heterocycles. The van der Waals surface area contributed by atoms with E-state index >= 15 is 0 Å². The van der Waals surface area contributed by atoms with Crippen LogP contribution in [0.1, 0.15) is 25.5 Å². The minimum Gasteiger partial charge on any atom is -0.469 e. The van der Waals surface area contributed by atoms with E-state index in [-0.39, 0.29) is 11.8 Å². The number of nitrogens with one attached hydrogen (secondary N) is 1. The molecule has 2 aromatic rings. The van der Waals surface area contributed by atoms with Crippen LogP contribution in [0.5, 0.6) is 0 Å². The Bertz CT molecular complexity index is 641. The molecule has 4 heteroatoms. The number of rotatable bonds is 5. The average Bonchev–Trinajstić information content (AvgIpc) is 2.52. The van der Waals surface area contributed by atoms with Gasteiger partial charge in [-0.2, -0.15) is 0 Å². The Balaban J connectivity index is 2.42. The number of carbonyl (C=O) groups is 1. The molecule has 0 saturated carbocycles. The van der Waals surface area contributed by atoms with Gasteiger partial charge in [-0.3, -0.25) is 4.79 Å². The molecule has 2 aromatic carbocycles. The number of hydrogen-bond acceptors (Lipinski definition) is 3. The molecule has 1 N–H and O–H groups in total. The number of carbonyl (C=O) groups excluding carboxylic acids is 1. The third kappa shape index (κ3) is 3.45. The second kappa shape index (κ2) is 6.60. The summed E-state index contributed by atoms with van der Waals surface area (Å²) in [6, 6.07) is 15.4. The molecule has 0 unspecified atom stereocenters. The van der Waals surface area contributed by atoms with Crippen LogP contribution in [0.3, 0.4) is 0 Å². The highest BCUT2D eigenvalue weighted by atomic mass is 19.1. The first-order chi connectivity index (χ1) is 10.4. The maximum Gasteiger partial charge on any atom is 0.313 e. The van der Waals surface area contributed by atoms with Gasteiger partial charge in [-0.25, -0.2) is 4.39 Å². The maximum absolute atomic E-state index is 13.6. The number of para-hydroxylation sites is 1. The molecule has 0 bridgehead atoms. The fourth-order valence-electron chi connectivity index (χ4n) is 2.45. The van der Waals surface area contributed by atoms with Crippen molar-refractivity contribution >= 4 is 11.7 Å². The van der Waals surface area contributed by atoms with Gasteiger partial charge in [-0.05, 0) is 43.7 Å². The highest BCUT2D eigenvalue weighted by molar-refractivity contribution is 5.78. The van der Waals surface area contributed by atoms with Crippen LogP contribution in [0, 0.1) is 11.2 Å². The van der Waals surface area contributed by atoms with Gasteiger partial charge >= 0.3 is 5.97 Å². The van der Waals surface area contributed by atoms with Crippen LogP contribution in [0.2, 0.25) is 0 Å². The van der Waals surface area contributed by atoms with Gasteiger partial charge in [-0.1, -0.05) is 30.3 Å². The quantitative estimate of drug-likeness (QED) is 0.842. The van der Waals surface area contributed by atoms with Crippen molar-refractivity contribution in [3.05, 3.63) is 66.0 Å². The predicted molar refractivity (Wildman–Crippen MR) is 85.0 cm³/mol. The van der Waals surface area contributed by atoms with E-state index in [1.165, 1.54) is 19.2 Å². The van der Waals surface area contributed by atoms with Crippen LogP contribution in [-0.4, -0.2) is 13.1 Å². The summed E-state index contributed by atoms with van der Waals surface area (Å²) < 4.78 is 18.5. The molecule has 0 amide bonds. The molecule has 2 rings (SSSR count). The minimum atomic E-state index is -0.863. The van der Waals surface area contributed by atoms with Crippen LogP contribution >= 0.6 is 0 Å². The molecule has 0 saturated heterocycles. The molecule has 116 valence electrons. The van der Waals surface area contributed by atoms with Crippen LogP contribution in [0.15, 0.2) is 54.6 Å². The van der Waals surface area contributed by atoms with Crippen LogP contribution in [0.25, 0.3) is 0 Å². The molecular formula is C18H20FNO2. The molecule has 0 spiro atoms. The number of benzene rings is 2. The summed E-state index contributed by atoms with van der Waals surface area (Å²) >= 11 is 0. The lowest BCUT2D eigenvalue weighted by molar-refractivity contribution is -0.151. The van der Waals surface area contributed by atoms with Crippen LogP contribution in [-0.2, 0) is 9.53 Å². The van der Waals surface area contributed by atoms with Gasteiger partial charge in [0.2, 0.25) is 0 Å². The van der Waals surface area contributed by atoms with E-state index in [0.717, 1.165) is 5.69 Å². The molecule has 0 aliphatic heterocycles. The predicted octanol–water partition coefficient (Wildman–Crippen LogP) is 4.18. The Kier molecular flexibility index (Phi) is 4.81. The first-order valence-electron chi connectivity index (χ1n) is 7.10. The molecule has 0 aliphatic carbocycles. The highest BCUT2D eigenvalue weighted by Gasteiger charge is 2.39. The Morgan fingerprint density at radius 3 is 2.41 bits per heavy atom. The number of methoxy groups -OCH3 is 1. The van der Waals surface area contributed by atoms with E-state index in [4.69, 9.17) is 4.74 Å². The summed E-state index contributed by atoms with van der Waals surface area (Å²) in [5.74, 6) is -0.691. The zero-order valence-electron chi connectivity index (χ0n) is 13.0. The summed E-state index contributed by atoms with van der Waals surface area (Å²) in [6.45, 7) is 3.56. The summed E-state index contributed by atoms with van der Waals surface area (Å²) in [6.07, 6.45) is 0. The number of ether oxygens (including phenoxy) is 1. The van der Waals surface area contributed by atoms with Crippen LogP contribution < -0.4 is 5.32 Å². The second-order valence-electron chi connectivity index (χ2n) is 5.71. The number of halogens is 1. The number of anilines is 1. The molecule has 0 aliphatic rings. The molecule has 0 fully saturated rings. The van der Waals surface area contributed by atoms with Gasteiger partial charge in [0.15, 0.2) is 0 Å². The van der Waals surface area contributed by atoms with Gasteiger partial charge in [0.1, 0.15) is 5.82 Å². The monoisotopic (exact) mass is 301 g/mol. The molecule has 0 heterocycles. The van der Waals surface area contributed by atoms with E-state index in [1.807, 2.05) is 30.3 Å². The lowest BCUT2D eigenvalue weighted by Gasteiger charge is -2.33. The minimum absolute atomic E-state index is 0.335. The van der Waals surface area contributed by atoms with E-state index in [2.05, 4.69) is 5.32 Å². The van der Waals surface area contributed by atoms with Gasteiger partial charge in [0, 0.05) is 5.69 Å². The third-order valence-corrected chi connectivity index (χ3v) is 3.70. The Morgan fingerprint density at radius 2 is 1.82 bits per heavy atom. The van der Waals surface area contributed by atoms with E-state index in [0.29, 0.717) is 5.56 Å². The summed E-state index contributed by atoms with van der Waals surface area (Å²) in [5, 5.41) is 3.31. The van der Waals surface area contributed by atoms with E-state index < -0.39 is 11.5 Å². The van der Waals surface area contributed by atoms with Crippen molar-refractivity contribution in [2.24, 2.45) is 5.41 Å². The summed E-state index contributed by atoms with van der Waals surface area (Å²) in [5.41, 5.74) is 0.686. The smallest absolute Gasteiger partial charge is 0.313 e. The molecule has 3 nitrogen and oxygen atoms in total. The first-order valence-corrected chi connectivity index (χ1v) is 7.10. The Hall–Kier alpha value is -2.36. The van der Waals surface area contributed by atoms with Crippen molar-refractivity contribution < 1.29 is 13.9 Å².